The Morgan fingerprint density at radius 1 is 1.30 bits per heavy atom. The first-order valence-corrected chi connectivity index (χ1v) is 7.93. The Kier molecular flexibility index (Phi) is 3.49. The molecule has 2 unspecified atom stereocenters. The number of nitrogens with two attached hydrogens (primary N) is 1. The monoisotopic (exact) mass is 287 g/mol. The molecule has 2 aromatic rings. The van der Waals surface area contributed by atoms with Crippen LogP contribution in [0, 0.1) is 6.92 Å². The summed E-state index contributed by atoms with van der Waals surface area (Å²) < 4.78 is 18.2. The molecule has 104 valence electrons. The molecular weight excluding hydrogens is 270 g/mol. The summed E-state index contributed by atoms with van der Waals surface area (Å²) in [5.41, 5.74) is 8.58. The highest BCUT2D eigenvalue weighted by molar-refractivity contribution is 7.85. The third-order valence-electron chi connectivity index (χ3n) is 3.60. The van der Waals surface area contributed by atoms with Gasteiger partial charge in [0.25, 0.3) is 0 Å². The normalized spacial score (nSPS) is 18.4. The van der Waals surface area contributed by atoms with E-state index in [0.717, 1.165) is 21.8 Å². The Labute approximate surface area is 121 Å². The summed E-state index contributed by atoms with van der Waals surface area (Å²) in [5, 5.41) is 0. The average Bonchev–Trinajstić information content (AvgIpc) is 2.82. The lowest BCUT2D eigenvalue weighted by atomic mass is 10.0. The number of para-hydroxylation sites is 1. The van der Waals surface area contributed by atoms with E-state index < -0.39 is 10.8 Å². The number of hydrogen-bond donors (Lipinski definition) is 1. The van der Waals surface area contributed by atoms with Crippen LogP contribution < -0.4 is 10.5 Å². The minimum atomic E-state index is -1.04. The zero-order chi connectivity index (χ0) is 14.1. The van der Waals surface area contributed by atoms with Crippen LogP contribution in [0.25, 0.3) is 0 Å². The number of aryl methyl sites for hydroxylation is 1. The van der Waals surface area contributed by atoms with Gasteiger partial charge in [-0.3, -0.25) is 4.21 Å². The van der Waals surface area contributed by atoms with Gasteiger partial charge >= 0.3 is 0 Å². The van der Waals surface area contributed by atoms with Crippen LogP contribution in [0.2, 0.25) is 0 Å². The summed E-state index contributed by atoms with van der Waals surface area (Å²) in [6.45, 7) is 2.56. The summed E-state index contributed by atoms with van der Waals surface area (Å²) >= 11 is 0. The molecule has 3 nitrogen and oxygen atoms in total. The average molecular weight is 287 g/mol. The third-order valence-corrected chi connectivity index (χ3v) is 5.25. The van der Waals surface area contributed by atoms with Gasteiger partial charge in [-0.25, -0.2) is 0 Å². The molecule has 0 aromatic heterocycles. The molecule has 0 saturated carbocycles. The molecule has 2 atom stereocenters. The molecule has 3 rings (SSSR count). The second kappa shape index (κ2) is 5.29. The van der Waals surface area contributed by atoms with Crippen molar-refractivity contribution in [3.63, 3.8) is 0 Å². The molecule has 20 heavy (non-hydrogen) atoms. The molecule has 0 radical (unpaired) electrons. The van der Waals surface area contributed by atoms with Crippen LogP contribution in [0.3, 0.4) is 0 Å². The summed E-state index contributed by atoms with van der Waals surface area (Å²) in [4.78, 5) is 0.864. The Balaban J connectivity index is 1.81. The maximum Gasteiger partial charge on any atom is 0.122 e. The molecule has 1 heterocycles. The van der Waals surface area contributed by atoms with E-state index in [2.05, 4.69) is 6.07 Å². The zero-order valence-corrected chi connectivity index (χ0v) is 12.2. The van der Waals surface area contributed by atoms with Crippen molar-refractivity contribution >= 4 is 16.5 Å². The van der Waals surface area contributed by atoms with Crippen molar-refractivity contribution in [1.82, 2.24) is 0 Å². The van der Waals surface area contributed by atoms with E-state index in [1.165, 1.54) is 0 Å². The van der Waals surface area contributed by atoms with Crippen molar-refractivity contribution in [3.05, 3.63) is 53.6 Å². The summed E-state index contributed by atoms with van der Waals surface area (Å²) in [5.74, 6) is 1.70. The second-order valence-corrected chi connectivity index (χ2v) is 6.55. The molecule has 0 spiro atoms. The lowest BCUT2D eigenvalue weighted by Gasteiger charge is -2.11. The van der Waals surface area contributed by atoms with E-state index in [1.54, 1.807) is 6.07 Å². The first-order chi connectivity index (χ1) is 9.65. The molecule has 0 bridgehead atoms. The summed E-state index contributed by atoms with van der Waals surface area (Å²) in [6.07, 6.45) is 0. The van der Waals surface area contributed by atoms with E-state index in [9.17, 15) is 4.21 Å². The predicted molar refractivity (Wildman–Crippen MR) is 81.5 cm³/mol. The predicted octanol–water partition coefficient (Wildman–Crippen LogP) is 2.86. The van der Waals surface area contributed by atoms with Crippen molar-refractivity contribution < 1.29 is 8.95 Å². The van der Waals surface area contributed by atoms with Crippen LogP contribution in [-0.4, -0.2) is 16.6 Å². The van der Waals surface area contributed by atoms with Gasteiger partial charge in [-0.05, 0) is 36.8 Å². The van der Waals surface area contributed by atoms with E-state index in [-0.39, 0.29) is 5.92 Å². The Hall–Kier alpha value is -1.81. The quantitative estimate of drug-likeness (QED) is 0.883. The number of rotatable bonds is 3. The van der Waals surface area contributed by atoms with Crippen molar-refractivity contribution in [2.45, 2.75) is 17.7 Å². The van der Waals surface area contributed by atoms with Gasteiger partial charge in [0, 0.05) is 27.8 Å². The van der Waals surface area contributed by atoms with E-state index in [4.69, 9.17) is 10.5 Å². The topological polar surface area (TPSA) is 52.3 Å². The number of fused-ring (bicyclic) bond motifs is 1. The van der Waals surface area contributed by atoms with Crippen LogP contribution in [0.4, 0.5) is 5.69 Å². The third kappa shape index (κ3) is 2.43. The smallest absolute Gasteiger partial charge is 0.122 e. The zero-order valence-electron chi connectivity index (χ0n) is 11.3. The molecular formula is C16H17NO2S. The van der Waals surface area contributed by atoms with Crippen molar-refractivity contribution in [3.8, 4) is 5.75 Å². The molecule has 1 aliphatic rings. The number of benzene rings is 2. The Bertz CT molecular complexity index is 669. The molecule has 0 saturated heterocycles. The fraction of sp³-hybridized carbons (Fsp3) is 0.250. The molecule has 1 aliphatic heterocycles. The first-order valence-electron chi connectivity index (χ1n) is 6.61. The summed E-state index contributed by atoms with van der Waals surface area (Å²) in [7, 11) is -1.04. The van der Waals surface area contributed by atoms with Crippen LogP contribution in [0.15, 0.2) is 47.4 Å². The van der Waals surface area contributed by atoms with Gasteiger partial charge in [0.15, 0.2) is 0 Å². The van der Waals surface area contributed by atoms with Crippen LogP contribution >= 0.6 is 0 Å². The van der Waals surface area contributed by atoms with Gasteiger partial charge in [0.05, 0.1) is 17.4 Å². The van der Waals surface area contributed by atoms with Gasteiger partial charge in [0.1, 0.15) is 5.75 Å². The lowest BCUT2D eigenvalue weighted by Crippen LogP contribution is -2.12. The van der Waals surface area contributed by atoms with Gasteiger partial charge in [-0.1, -0.05) is 18.2 Å². The maximum atomic E-state index is 12.6. The van der Waals surface area contributed by atoms with Gasteiger partial charge in [-0.2, -0.15) is 0 Å². The Morgan fingerprint density at radius 3 is 2.90 bits per heavy atom. The largest absolute Gasteiger partial charge is 0.493 e. The van der Waals surface area contributed by atoms with Crippen molar-refractivity contribution in [1.29, 1.82) is 0 Å². The fourth-order valence-electron chi connectivity index (χ4n) is 2.57. The minimum absolute atomic E-state index is 0.198. The molecule has 0 fully saturated rings. The fourth-order valence-corrected chi connectivity index (χ4v) is 4.03. The van der Waals surface area contributed by atoms with Crippen LogP contribution in [0.5, 0.6) is 5.75 Å². The number of anilines is 1. The SMILES string of the molecule is Cc1cc(N)ccc1S(=O)CC1COc2ccccc21. The lowest BCUT2D eigenvalue weighted by molar-refractivity contribution is 0.338. The van der Waals surface area contributed by atoms with Gasteiger partial charge in [0.2, 0.25) is 0 Å². The summed E-state index contributed by atoms with van der Waals surface area (Å²) in [6, 6.07) is 13.5. The van der Waals surface area contributed by atoms with Crippen LogP contribution in [-0.2, 0) is 10.8 Å². The number of hydrogen-bond acceptors (Lipinski definition) is 3. The van der Waals surface area contributed by atoms with Crippen LogP contribution in [0.1, 0.15) is 17.0 Å². The molecule has 2 aromatic carbocycles. The molecule has 4 heteroatoms. The van der Waals surface area contributed by atoms with E-state index in [1.807, 2.05) is 37.3 Å². The highest BCUT2D eigenvalue weighted by Crippen LogP contribution is 2.34. The van der Waals surface area contributed by atoms with E-state index in [0.29, 0.717) is 18.0 Å². The molecule has 2 N–H and O–H groups in total. The van der Waals surface area contributed by atoms with Crippen molar-refractivity contribution in [2.75, 3.05) is 18.1 Å². The van der Waals surface area contributed by atoms with Crippen molar-refractivity contribution in [2.24, 2.45) is 0 Å². The van der Waals surface area contributed by atoms with E-state index >= 15 is 0 Å². The highest BCUT2D eigenvalue weighted by atomic mass is 32.2. The highest BCUT2D eigenvalue weighted by Gasteiger charge is 2.26. The first kappa shape index (κ1) is 13.2. The van der Waals surface area contributed by atoms with Gasteiger partial charge in [-0.15, -0.1) is 0 Å². The molecule has 0 aliphatic carbocycles. The minimum Gasteiger partial charge on any atom is -0.493 e. The number of nitrogen functional groups attached to an aromatic ring is 1. The standard InChI is InChI=1S/C16H17NO2S/c1-11-8-13(17)6-7-16(11)20(18)10-12-9-19-15-5-3-2-4-14(12)15/h2-8,12H,9-10,17H2,1H3. The number of ether oxygens (including phenoxy) is 1. The second-order valence-electron chi connectivity index (χ2n) is 5.08. The maximum absolute atomic E-state index is 12.6. The van der Waals surface area contributed by atoms with Gasteiger partial charge < -0.3 is 10.5 Å². The molecule has 0 amide bonds. The Morgan fingerprint density at radius 2 is 2.10 bits per heavy atom.